The van der Waals surface area contributed by atoms with Crippen LogP contribution in [-0.2, 0) is 0 Å². The van der Waals surface area contributed by atoms with Crippen molar-refractivity contribution >= 4 is 39.0 Å². The number of halogens is 1. The first-order valence-corrected chi connectivity index (χ1v) is 6.79. The van der Waals surface area contributed by atoms with Crippen molar-refractivity contribution in [2.45, 2.75) is 33.2 Å². The lowest BCUT2D eigenvalue weighted by molar-refractivity contribution is 0.678. The molecule has 0 aliphatic heterocycles. The van der Waals surface area contributed by atoms with E-state index in [4.69, 9.17) is 18.0 Å². The zero-order valence-corrected chi connectivity index (χ0v) is 12.8. The number of hydrogen-bond donors (Lipinski definition) is 1. The normalized spacial score (nSPS) is 10.6. The van der Waals surface area contributed by atoms with E-state index in [1.165, 1.54) is 0 Å². The molecule has 0 radical (unpaired) electrons. The average molecular weight is 316 g/mol. The fourth-order valence-electron chi connectivity index (χ4n) is 1.67. The molecule has 0 aliphatic carbocycles. The standard InChI is InChI=1S/C12H18BrN3S/c1-8(2)16(5-4-11(14)17)12-9(3)6-10(13)7-15-12/h6-8H,4-5H2,1-3H3,(H2,14,17). The summed E-state index contributed by atoms with van der Waals surface area (Å²) in [6.07, 6.45) is 2.53. The molecule has 0 bridgehead atoms. The molecule has 1 rings (SSSR count). The van der Waals surface area contributed by atoms with Crippen LogP contribution in [-0.4, -0.2) is 22.6 Å². The lowest BCUT2D eigenvalue weighted by Gasteiger charge is -2.29. The Morgan fingerprint density at radius 2 is 2.24 bits per heavy atom. The van der Waals surface area contributed by atoms with Crippen LogP contribution in [0, 0.1) is 6.92 Å². The van der Waals surface area contributed by atoms with Crippen LogP contribution in [0.2, 0.25) is 0 Å². The molecule has 0 unspecified atom stereocenters. The van der Waals surface area contributed by atoms with Crippen molar-refractivity contribution in [1.29, 1.82) is 0 Å². The Morgan fingerprint density at radius 3 is 2.71 bits per heavy atom. The van der Waals surface area contributed by atoms with Gasteiger partial charge in [-0.25, -0.2) is 4.98 Å². The summed E-state index contributed by atoms with van der Waals surface area (Å²) in [6.45, 7) is 7.15. The van der Waals surface area contributed by atoms with Crippen LogP contribution in [0.4, 0.5) is 5.82 Å². The zero-order chi connectivity index (χ0) is 13.0. The molecule has 5 heteroatoms. The second-order valence-electron chi connectivity index (χ2n) is 4.30. The van der Waals surface area contributed by atoms with Gasteiger partial charge >= 0.3 is 0 Å². The highest BCUT2D eigenvalue weighted by Crippen LogP contribution is 2.22. The summed E-state index contributed by atoms with van der Waals surface area (Å²) in [5.74, 6) is 0.999. The van der Waals surface area contributed by atoms with E-state index in [0.717, 1.165) is 22.4 Å². The van der Waals surface area contributed by atoms with Gasteiger partial charge in [-0.1, -0.05) is 12.2 Å². The number of rotatable bonds is 5. The van der Waals surface area contributed by atoms with Gasteiger partial charge in [0.2, 0.25) is 0 Å². The van der Waals surface area contributed by atoms with Crippen LogP contribution in [0.1, 0.15) is 25.8 Å². The zero-order valence-electron chi connectivity index (χ0n) is 10.4. The van der Waals surface area contributed by atoms with Crippen molar-refractivity contribution in [1.82, 2.24) is 4.98 Å². The molecule has 0 atom stereocenters. The van der Waals surface area contributed by atoms with Crippen LogP contribution in [0.3, 0.4) is 0 Å². The van der Waals surface area contributed by atoms with Crippen LogP contribution < -0.4 is 10.6 Å². The molecule has 0 amide bonds. The van der Waals surface area contributed by atoms with Crippen molar-refractivity contribution in [3.63, 3.8) is 0 Å². The SMILES string of the molecule is Cc1cc(Br)cnc1N(CCC(N)=S)C(C)C. The van der Waals surface area contributed by atoms with Crippen LogP contribution >= 0.6 is 28.1 Å². The third-order valence-corrected chi connectivity index (χ3v) is 3.15. The summed E-state index contributed by atoms with van der Waals surface area (Å²) < 4.78 is 0.997. The van der Waals surface area contributed by atoms with E-state index >= 15 is 0 Å². The smallest absolute Gasteiger partial charge is 0.131 e. The molecule has 0 fully saturated rings. The average Bonchev–Trinajstić information content (AvgIpc) is 2.20. The van der Waals surface area contributed by atoms with Gasteiger partial charge in [-0.05, 0) is 48.3 Å². The highest BCUT2D eigenvalue weighted by molar-refractivity contribution is 9.10. The molecule has 94 valence electrons. The van der Waals surface area contributed by atoms with Crippen molar-refractivity contribution in [2.24, 2.45) is 5.73 Å². The number of hydrogen-bond acceptors (Lipinski definition) is 3. The third kappa shape index (κ3) is 4.24. The number of nitrogens with zero attached hydrogens (tertiary/aromatic N) is 2. The third-order valence-electron chi connectivity index (χ3n) is 2.51. The number of aryl methyl sites for hydroxylation is 1. The van der Waals surface area contributed by atoms with E-state index in [9.17, 15) is 0 Å². The highest BCUT2D eigenvalue weighted by atomic mass is 79.9. The molecule has 0 spiro atoms. The van der Waals surface area contributed by atoms with Gasteiger partial charge in [0.05, 0.1) is 4.99 Å². The summed E-state index contributed by atoms with van der Waals surface area (Å²) in [5, 5.41) is 0. The Morgan fingerprint density at radius 1 is 1.59 bits per heavy atom. The van der Waals surface area contributed by atoms with Gasteiger partial charge in [0.15, 0.2) is 0 Å². The largest absolute Gasteiger partial charge is 0.393 e. The van der Waals surface area contributed by atoms with Gasteiger partial charge in [0.25, 0.3) is 0 Å². The predicted octanol–water partition coefficient (Wildman–Crippen LogP) is 3.04. The summed E-state index contributed by atoms with van der Waals surface area (Å²) >= 11 is 8.35. The van der Waals surface area contributed by atoms with Gasteiger partial charge in [-0.15, -0.1) is 0 Å². The number of aromatic nitrogens is 1. The van der Waals surface area contributed by atoms with E-state index in [-0.39, 0.29) is 0 Å². The molecule has 1 aromatic heterocycles. The van der Waals surface area contributed by atoms with E-state index in [1.54, 1.807) is 0 Å². The Kier molecular flexibility index (Phi) is 5.33. The van der Waals surface area contributed by atoms with Crippen LogP contribution in [0.15, 0.2) is 16.7 Å². The minimum Gasteiger partial charge on any atom is -0.393 e. The first kappa shape index (κ1) is 14.4. The number of thiocarbonyl (C=S) groups is 1. The molecule has 3 nitrogen and oxygen atoms in total. The Labute approximate surface area is 117 Å². The Hall–Kier alpha value is -0.680. The molecule has 2 N–H and O–H groups in total. The minimum absolute atomic E-state index is 0.372. The fraction of sp³-hybridized carbons (Fsp3) is 0.500. The molecule has 1 heterocycles. The van der Waals surface area contributed by atoms with E-state index in [2.05, 4.69) is 52.7 Å². The number of pyridine rings is 1. The molecule has 0 aliphatic rings. The molecule has 0 saturated heterocycles. The maximum atomic E-state index is 5.56. The van der Waals surface area contributed by atoms with Crippen molar-refractivity contribution in [3.8, 4) is 0 Å². The first-order valence-electron chi connectivity index (χ1n) is 5.59. The summed E-state index contributed by atoms with van der Waals surface area (Å²) in [4.78, 5) is 7.24. The lowest BCUT2D eigenvalue weighted by atomic mass is 10.2. The Bertz CT molecular complexity index is 407. The molecular weight excluding hydrogens is 298 g/mol. The van der Waals surface area contributed by atoms with Crippen LogP contribution in [0.25, 0.3) is 0 Å². The lowest BCUT2D eigenvalue weighted by Crippen LogP contribution is -2.34. The minimum atomic E-state index is 0.372. The van der Waals surface area contributed by atoms with Gasteiger partial charge in [0, 0.05) is 29.7 Å². The maximum absolute atomic E-state index is 5.56. The first-order chi connectivity index (χ1) is 7.91. The van der Waals surface area contributed by atoms with Gasteiger partial charge in [-0.3, -0.25) is 0 Å². The predicted molar refractivity (Wildman–Crippen MR) is 80.6 cm³/mol. The monoisotopic (exact) mass is 315 g/mol. The van der Waals surface area contributed by atoms with Gasteiger partial charge in [0.1, 0.15) is 5.82 Å². The van der Waals surface area contributed by atoms with E-state index in [1.807, 2.05) is 6.20 Å². The summed E-state index contributed by atoms with van der Waals surface area (Å²) in [6, 6.07) is 2.44. The summed E-state index contributed by atoms with van der Waals surface area (Å²) in [5.41, 5.74) is 6.71. The van der Waals surface area contributed by atoms with Crippen molar-refractivity contribution < 1.29 is 0 Å². The second kappa shape index (κ2) is 6.31. The highest BCUT2D eigenvalue weighted by Gasteiger charge is 2.14. The van der Waals surface area contributed by atoms with Gasteiger partial charge in [-0.2, -0.15) is 0 Å². The van der Waals surface area contributed by atoms with Gasteiger partial charge < -0.3 is 10.6 Å². The number of anilines is 1. The topological polar surface area (TPSA) is 42.2 Å². The molecule has 17 heavy (non-hydrogen) atoms. The van der Waals surface area contributed by atoms with Crippen LogP contribution in [0.5, 0.6) is 0 Å². The quantitative estimate of drug-likeness (QED) is 0.848. The van der Waals surface area contributed by atoms with E-state index < -0.39 is 0 Å². The second-order valence-corrected chi connectivity index (χ2v) is 5.74. The molecule has 0 saturated carbocycles. The van der Waals surface area contributed by atoms with Crippen molar-refractivity contribution in [2.75, 3.05) is 11.4 Å². The molecular formula is C12H18BrN3S. The number of nitrogens with two attached hydrogens (primary N) is 1. The molecule has 0 aromatic carbocycles. The molecule has 1 aromatic rings. The Balaban J connectivity index is 2.93. The van der Waals surface area contributed by atoms with E-state index in [0.29, 0.717) is 17.5 Å². The maximum Gasteiger partial charge on any atom is 0.131 e. The van der Waals surface area contributed by atoms with Crippen molar-refractivity contribution in [3.05, 3.63) is 22.3 Å². The summed E-state index contributed by atoms with van der Waals surface area (Å²) in [7, 11) is 0. The fourth-order valence-corrected chi connectivity index (χ4v) is 2.21.